The van der Waals surface area contributed by atoms with Crippen LogP contribution in [0.1, 0.15) is 11.5 Å². The van der Waals surface area contributed by atoms with Crippen molar-refractivity contribution in [3.8, 4) is 17.3 Å². The van der Waals surface area contributed by atoms with Crippen LogP contribution in [-0.2, 0) is 13.1 Å². The zero-order valence-corrected chi connectivity index (χ0v) is 13.7. The molecule has 0 fully saturated rings. The molecule has 0 spiro atoms. The van der Waals surface area contributed by atoms with Crippen LogP contribution in [0.3, 0.4) is 0 Å². The molecule has 126 valence electrons. The topological polar surface area (TPSA) is 73.1 Å². The van der Waals surface area contributed by atoms with E-state index in [-0.39, 0.29) is 0 Å². The summed E-state index contributed by atoms with van der Waals surface area (Å²) in [7, 11) is 2.00. The van der Waals surface area contributed by atoms with E-state index in [0.717, 1.165) is 17.8 Å². The average molecular weight is 335 g/mol. The molecule has 0 radical (unpaired) electrons. The van der Waals surface area contributed by atoms with Gasteiger partial charge in [-0.3, -0.25) is 4.90 Å². The highest BCUT2D eigenvalue weighted by molar-refractivity contribution is 5.44. The molecule has 3 heterocycles. The molecule has 0 saturated carbocycles. The SMILES string of the molecule is CN(Cc1cnn(-c2ccccc2)c1)Cc1nc(-c2ccco2)no1. The van der Waals surface area contributed by atoms with Gasteiger partial charge >= 0.3 is 0 Å². The summed E-state index contributed by atoms with van der Waals surface area (Å²) in [6.07, 6.45) is 5.47. The van der Waals surface area contributed by atoms with Crippen molar-refractivity contribution in [1.29, 1.82) is 0 Å². The maximum atomic E-state index is 5.29. The number of aromatic nitrogens is 4. The van der Waals surface area contributed by atoms with Crippen LogP contribution >= 0.6 is 0 Å². The van der Waals surface area contributed by atoms with Gasteiger partial charge in [-0.1, -0.05) is 23.4 Å². The Hall–Kier alpha value is -3.19. The zero-order valence-electron chi connectivity index (χ0n) is 13.7. The van der Waals surface area contributed by atoms with Crippen LogP contribution in [0.5, 0.6) is 0 Å². The normalized spacial score (nSPS) is 11.3. The second-order valence-corrected chi connectivity index (χ2v) is 5.79. The maximum absolute atomic E-state index is 5.29. The van der Waals surface area contributed by atoms with E-state index >= 15 is 0 Å². The van der Waals surface area contributed by atoms with E-state index in [4.69, 9.17) is 8.94 Å². The van der Waals surface area contributed by atoms with Gasteiger partial charge < -0.3 is 8.94 Å². The molecule has 1 aromatic carbocycles. The molecular formula is C18H17N5O2. The van der Waals surface area contributed by atoms with E-state index in [1.54, 1.807) is 18.4 Å². The summed E-state index contributed by atoms with van der Waals surface area (Å²) < 4.78 is 12.4. The molecule has 3 aromatic heterocycles. The predicted molar refractivity (Wildman–Crippen MR) is 90.7 cm³/mol. The van der Waals surface area contributed by atoms with Crippen LogP contribution in [0.15, 0.2) is 70.1 Å². The number of hydrogen-bond acceptors (Lipinski definition) is 6. The summed E-state index contributed by atoms with van der Waals surface area (Å²) in [4.78, 5) is 6.44. The molecule has 25 heavy (non-hydrogen) atoms. The van der Waals surface area contributed by atoms with Crippen molar-refractivity contribution in [1.82, 2.24) is 24.8 Å². The van der Waals surface area contributed by atoms with E-state index in [1.807, 2.05) is 54.5 Å². The molecule has 0 atom stereocenters. The minimum Gasteiger partial charge on any atom is -0.461 e. The highest BCUT2D eigenvalue weighted by Crippen LogP contribution is 2.17. The summed E-state index contributed by atoms with van der Waals surface area (Å²) in [6.45, 7) is 1.27. The fraction of sp³-hybridized carbons (Fsp3) is 0.167. The van der Waals surface area contributed by atoms with Crippen molar-refractivity contribution in [2.75, 3.05) is 7.05 Å². The van der Waals surface area contributed by atoms with Gasteiger partial charge in [0.1, 0.15) is 0 Å². The van der Waals surface area contributed by atoms with Crippen molar-refractivity contribution in [2.24, 2.45) is 0 Å². The van der Waals surface area contributed by atoms with Gasteiger partial charge in [0.2, 0.25) is 11.7 Å². The van der Waals surface area contributed by atoms with Gasteiger partial charge in [0, 0.05) is 18.3 Å². The molecule has 0 unspecified atom stereocenters. The number of furan rings is 1. The summed E-state index contributed by atoms with van der Waals surface area (Å²) in [6, 6.07) is 13.6. The third kappa shape index (κ3) is 3.51. The minimum atomic E-state index is 0.463. The molecule has 0 bridgehead atoms. The van der Waals surface area contributed by atoms with E-state index in [2.05, 4.69) is 20.1 Å². The summed E-state index contributed by atoms with van der Waals surface area (Å²) in [5, 5.41) is 8.35. The molecule has 4 rings (SSSR count). The second kappa shape index (κ2) is 6.74. The standard InChI is InChI=1S/C18H17N5O2/c1-22(13-17-20-18(21-25-17)16-8-5-9-24-16)11-14-10-19-23(12-14)15-6-3-2-4-7-15/h2-10,12H,11,13H2,1H3. The predicted octanol–water partition coefficient (Wildman–Crippen LogP) is 3.15. The molecule has 4 aromatic rings. The van der Waals surface area contributed by atoms with Crippen LogP contribution in [0.25, 0.3) is 17.3 Å². The lowest BCUT2D eigenvalue weighted by molar-refractivity contribution is 0.261. The lowest BCUT2D eigenvalue weighted by Crippen LogP contribution is -2.17. The largest absolute Gasteiger partial charge is 0.461 e. The Morgan fingerprint density at radius 1 is 1.08 bits per heavy atom. The Morgan fingerprint density at radius 3 is 2.76 bits per heavy atom. The van der Waals surface area contributed by atoms with Crippen LogP contribution in [-0.4, -0.2) is 31.9 Å². The maximum Gasteiger partial charge on any atom is 0.241 e. The summed E-state index contributed by atoms with van der Waals surface area (Å²) in [5.41, 5.74) is 2.15. The first-order valence-corrected chi connectivity index (χ1v) is 7.92. The molecule has 7 heteroatoms. The molecule has 7 nitrogen and oxygen atoms in total. The lowest BCUT2D eigenvalue weighted by Gasteiger charge is -2.12. The van der Waals surface area contributed by atoms with Gasteiger partial charge in [-0.05, 0) is 31.3 Å². The number of para-hydroxylation sites is 1. The van der Waals surface area contributed by atoms with Gasteiger partial charge in [-0.15, -0.1) is 0 Å². The first-order valence-electron chi connectivity index (χ1n) is 7.92. The Kier molecular flexibility index (Phi) is 4.14. The van der Waals surface area contributed by atoms with Gasteiger partial charge in [0.15, 0.2) is 5.76 Å². The van der Waals surface area contributed by atoms with E-state index in [1.165, 1.54) is 0 Å². The lowest BCUT2D eigenvalue weighted by atomic mass is 10.3. The van der Waals surface area contributed by atoms with Gasteiger partial charge in [0.25, 0.3) is 0 Å². The van der Waals surface area contributed by atoms with Crippen molar-refractivity contribution < 1.29 is 8.94 Å². The Labute approximate surface area is 144 Å². The van der Waals surface area contributed by atoms with Crippen LogP contribution < -0.4 is 0 Å². The van der Waals surface area contributed by atoms with Crippen molar-refractivity contribution in [2.45, 2.75) is 13.1 Å². The highest BCUT2D eigenvalue weighted by Gasteiger charge is 2.13. The number of nitrogens with zero attached hydrogens (tertiary/aromatic N) is 5. The van der Waals surface area contributed by atoms with Crippen molar-refractivity contribution >= 4 is 0 Å². The molecule has 0 aliphatic heterocycles. The van der Waals surface area contributed by atoms with Crippen LogP contribution in [0, 0.1) is 0 Å². The summed E-state index contributed by atoms with van der Waals surface area (Å²) in [5.74, 6) is 1.61. The molecule has 0 aliphatic carbocycles. The number of benzene rings is 1. The first kappa shape index (κ1) is 15.3. The molecule has 0 saturated heterocycles. The Bertz CT molecular complexity index is 927. The minimum absolute atomic E-state index is 0.463. The smallest absolute Gasteiger partial charge is 0.241 e. The Morgan fingerprint density at radius 2 is 1.96 bits per heavy atom. The Balaban J connectivity index is 1.39. The monoisotopic (exact) mass is 335 g/mol. The number of hydrogen-bond donors (Lipinski definition) is 0. The first-order chi connectivity index (χ1) is 12.3. The fourth-order valence-corrected chi connectivity index (χ4v) is 2.59. The van der Waals surface area contributed by atoms with Crippen molar-refractivity contribution in [3.63, 3.8) is 0 Å². The van der Waals surface area contributed by atoms with Gasteiger partial charge in [-0.2, -0.15) is 10.1 Å². The molecule has 0 N–H and O–H groups in total. The average Bonchev–Trinajstić information content (AvgIpc) is 3.37. The third-order valence-electron chi connectivity index (χ3n) is 3.72. The second-order valence-electron chi connectivity index (χ2n) is 5.79. The molecule has 0 aliphatic rings. The van der Waals surface area contributed by atoms with E-state index in [0.29, 0.717) is 24.0 Å². The van der Waals surface area contributed by atoms with Crippen LogP contribution in [0.4, 0.5) is 0 Å². The third-order valence-corrected chi connectivity index (χ3v) is 3.72. The fourth-order valence-electron chi connectivity index (χ4n) is 2.59. The van der Waals surface area contributed by atoms with E-state index < -0.39 is 0 Å². The van der Waals surface area contributed by atoms with Crippen molar-refractivity contribution in [3.05, 3.63) is 72.6 Å². The summed E-state index contributed by atoms with van der Waals surface area (Å²) >= 11 is 0. The van der Waals surface area contributed by atoms with Gasteiger partial charge in [-0.25, -0.2) is 4.68 Å². The van der Waals surface area contributed by atoms with Crippen LogP contribution in [0.2, 0.25) is 0 Å². The molecule has 0 amide bonds. The zero-order chi connectivity index (χ0) is 17.1. The highest BCUT2D eigenvalue weighted by atomic mass is 16.5. The van der Waals surface area contributed by atoms with E-state index in [9.17, 15) is 0 Å². The number of rotatable bonds is 6. The van der Waals surface area contributed by atoms with Gasteiger partial charge in [0.05, 0.1) is 24.7 Å². The molecular weight excluding hydrogens is 318 g/mol. The quantitative estimate of drug-likeness (QED) is 0.539.